The number of aromatic nitrogens is 4. The van der Waals surface area contributed by atoms with Gasteiger partial charge in [0.05, 0.1) is 11.6 Å². The predicted molar refractivity (Wildman–Crippen MR) is 88.0 cm³/mol. The van der Waals surface area contributed by atoms with Gasteiger partial charge in [0.1, 0.15) is 29.4 Å². The summed E-state index contributed by atoms with van der Waals surface area (Å²) in [7, 11) is 0. The lowest BCUT2D eigenvalue weighted by Crippen LogP contribution is -2.01. The molecule has 0 unspecified atom stereocenters. The number of nitrogens with one attached hydrogen (secondary N) is 1. The Kier molecular flexibility index (Phi) is 3.31. The van der Waals surface area contributed by atoms with Crippen molar-refractivity contribution in [1.29, 1.82) is 0 Å². The summed E-state index contributed by atoms with van der Waals surface area (Å²) in [6.07, 6.45) is 2.96. The molecule has 118 valence electrons. The van der Waals surface area contributed by atoms with Crippen LogP contribution in [0, 0.1) is 5.82 Å². The smallest absolute Gasteiger partial charge is 0.168 e. The van der Waals surface area contributed by atoms with Crippen LogP contribution in [0.25, 0.3) is 16.7 Å². The summed E-state index contributed by atoms with van der Waals surface area (Å²) in [5.74, 6) is 0.282. The molecule has 7 heteroatoms. The van der Waals surface area contributed by atoms with Gasteiger partial charge in [0.25, 0.3) is 0 Å². The Balaban J connectivity index is 1.81. The van der Waals surface area contributed by atoms with Crippen molar-refractivity contribution in [2.24, 2.45) is 0 Å². The van der Waals surface area contributed by atoms with E-state index in [0.29, 0.717) is 28.2 Å². The van der Waals surface area contributed by atoms with Crippen molar-refractivity contribution in [3.8, 4) is 11.4 Å². The third kappa shape index (κ3) is 2.41. The Morgan fingerprint density at radius 1 is 1.04 bits per heavy atom. The molecule has 0 amide bonds. The van der Waals surface area contributed by atoms with Crippen molar-refractivity contribution in [1.82, 2.24) is 19.7 Å². The van der Waals surface area contributed by atoms with Crippen LogP contribution < -0.4 is 5.32 Å². The minimum atomic E-state index is -0.386. The average molecular weight is 321 g/mol. The van der Waals surface area contributed by atoms with E-state index in [-0.39, 0.29) is 11.6 Å². The van der Waals surface area contributed by atoms with Crippen LogP contribution in [0.5, 0.6) is 5.75 Å². The van der Waals surface area contributed by atoms with E-state index in [1.165, 1.54) is 17.1 Å². The number of aromatic hydroxyl groups is 1. The second-order valence-corrected chi connectivity index (χ2v) is 5.14. The Bertz CT molecular complexity index is 1030. The molecule has 0 radical (unpaired) electrons. The quantitative estimate of drug-likeness (QED) is 0.605. The van der Waals surface area contributed by atoms with Crippen molar-refractivity contribution in [2.45, 2.75) is 0 Å². The van der Waals surface area contributed by atoms with E-state index in [4.69, 9.17) is 0 Å². The van der Waals surface area contributed by atoms with Crippen molar-refractivity contribution < 1.29 is 9.50 Å². The van der Waals surface area contributed by atoms with E-state index in [2.05, 4.69) is 20.4 Å². The number of hydrogen-bond donors (Lipinski definition) is 2. The van der Waals surface area contributed by atoms with Crippen LogP contribution in [0.3, 0.4) is 0 Å². The predicted octanol–water partition coefficient (Wildman–Crippen LogP) is 3.40. The van der Waals surface area contributed by atoms with Gasteiger partial charge >= 0.3 is 0 Å². The second kappa shape index (κ2) is 5.62. The molecule has 2 aromatic heterocycles. The molecule has 0 saturated carbocycles. The zero-order chi connectivity index (χ0) is 16.5. The fourth-order valence-electron chi connectivity index (χ4n) is 2.46. The highest BCUT2D eigenvalue weighted by Gasteiger charge is 2.13. The zero-order valence-corrected chi connectivity index (χ0v) is 12.4. The van der Waals surface area contributed by atoms with Crippen molar-refractivity contribution in [3.05, 3.63) is 66.9 Å². The minimum absolute atomic E-state index is 0.146. The molecular formula is C17H12FN5O. The van der Waals surface area contributed by atoms with E-state index < -0.39 is 0 Å². The van der Waals surface area contributed by atoms with Gasteiger partial charge in [-0.05, 0) is 24.3 Å². The van der Waals surface area contributed by atoms with Crippen LogP contribution in [0.15, 0.2) is 61.1 Å². The van der Waals surface area contributed by atoms with Gasteiger partial charge in [-0.25, -0.2) is 19.0 Å². The molecule has 0 saturated heterocycles. The number of halogens is 1. The summed E-state index contributed by atoms with van der Waals surface area (Å²) in [4.78, 5) is 8.42. The summed E-state index contributed by atoms with van der Waals surface area (Å²) < 4.78 is 15.5. The lowest BCUT2D eigenvalue weighted by atomic mass is 10.3. The lowest BCUT2D eigenvalue weighted by molar-refractivity contribution is 0.475. The number of rotatable bonds is 3. The van der Waals surface area contributed by atoms with Gasteiger partial charge in [0.15, 0.2) is 5.65 Å². The molecule has 0 atom stereocenters. The molecule has 2 N–H and O–H groups in total. The highest BCUT2D eigenvalue weighted by Crippen LogP contribution is 2.26. The molecule has 0 aliphatic carbocycles. The molecule has 4 rings (SSSR count). The zero-order valence-electron chi connectivity index (χ0n) is 12.4. The highest BCUT2D eigenvalue weighted by atomic mass is 19.1. The van der Waals surface area contributed by atoms with Crippen LogP contribution in [0.1, 0.15) is 0 Å². The summed E-state index contributed by atoms with van der Waals surface area (Å²) in [5.41, 5.74) is 1.47. The molecule has 24 heavy (non-hydrogen) atoms. The maximum Gasteiger partial charge on any atom is 0.168 e. The molecule has 2 aromatic carbocycles. The Hall–Kier alpha value is -3.48. The summed E-state index contributed by atoms with van der Waals surface area (Å²) >= 11 is 0. The molecule has 4 aromatic rings. The van der Waals surface area contributed by atoms with Crippen LogP contribution in [0.4, 0.5) is 15.9 Å². The Morgan fingerprint density at radius 2 is 1.92 bits per heavy atom. The molecule has 0 aliphatic heterocycles. The summed E-state index contributed by atoms with van der Waals surface area (Å²) in [6.45, 7) is 0. The Labute approximate surface area is 136 Å². The first-order valence-electron chi connectivity index (χ1n) is 7.22. The minimum Gasteiger partial charge on any atom is -0.508 e. The molecule has 0 bridgehead atoms. The normalized spacial score (nSPS) is 10.9. The van der Waals surface area contributed by atoms with Crippen molar-refractivity contribution in [2.75, 3.05) is 5.32 Å². The molecule has 6 nitrogen and oxygen atoms in total. The fraction of sp³-hybridized carbons (Fsp3) is 0. The van der Waals surface area contributed by atoms with Gasteiger partial charge in [-0.15, -0.1) is 0 Å². The molecular weight excluding hydrogens is 309 g/mol. The number of anilines is 2. The van der Waals surface area contributed by atoms with Crippen LogP contribution in [0.2, 0.25) is 0 Å². The first-order valence-corrected chi connectivity index (χ1v) is 7.22. The van der Waals surface area contributed by atoms with Crippen molar-refractivity contribution >= 4 is 22.5 Å². The second-order valence-electron chi connectivity index (χ2n) is 5.14. The standard InChI is InChI=1S/C17H12FN5O/c18-14-6-1-2-7-15(14)23-17-13(9-21-23)16(19-10-20-17)22-11-4-3-5-12(24)8-11/h1-10,24H,(H,19,20,22). The van der Waals surface area contributed by atoms with Crippen LogP contribution >= 0.6 is 0 Å². The molecule has 0 spiro atoms. The van der Waals surface area contributed by atoms with Gasteiger partial charge < -0.3 is 10.4 Å². The monoisotopic (exact) mass is 321 g/mol. The Morgan fingerprint density at radius 3 is 2.75 bits per heavy atom. The van der Waals surface area contributed by atoms with Crippen LogP contribution in [-0.4, -0.2) is 24.9 Å². The number of benzene rings is 2. The van der Waals surface area contributed by atoms with Gasteiger partial charge in [-0.2, -0.15) is 5.10 Å². The first-order chi connectivity index (χ1) is 11.7. The lowest BCUT2D eigenvalue weighted by Gasteiger charge is -2.07. The van der Waals surface area contributed by atoms with Crippen molar-refractivity contribution in [3.63, 3.8) is 0 Å². The topological polar surface area (TPSA) is 75.9 Å². The van der Waals surface area contributed by atoms with E-state index in [1.54, 1.807) is 48.7 Å². The van der Waals surface area contributed by atoms with Gasteiger partial charge in [-0.1, -0.05) is 18.2 Å². The van der Waals surface area contributed by atoms with Crippen LogP contribution in [-0.2, 0) is 0 Å². The fourth-order valence-corrected chi connectivity index (χ4v) is 2.46. The molecule has 0 aliphatic rings. The van der Waals surface area contributed by atoms with Gasteiger partial charge in [0, 0.05) is 11.8 Å². The molecule has 2 heterocycles. The summed E-state index contributed by atoms with van der Waals surface area (Å²) in [6, 6.07) is 13.0. The number of nitrogens with zero attached hydrogens (tertiary/aromatic N) is 4. The summed E-state index contributed by atoms with van der Waals surface area (Å²) in [5, 5.41) is 17.5. The number of phenolic OH excluding ortho intramolecular Hbond substituents is 1. The highest BCUT2D eigenvalue weighted by molar-refractivity contribution is 5.89. The van der Waals surface area contributed by atoms with E-state index in [0.717, 1.165) is 0 Å². The first kappa shape index (κ1) is 14.1. The largest absolute Gasteiger partial charge is 0.508 e. The number of hydrogen-bond acceptors (Lipinski definition) is 5. The number of fused-ring (bicyclic) bond motifs is 1. The average Bonchev–Trinajstić information content (AvgIpc) is 3.00. The maximum atomic E-state index is 14.0. The third-order valence-electron chi connectivity index (χ3n) is 3.56. The third-order valence-corrected chi connectivity index (χ3v) is 3.56. The van der Waals surface area contributed by atoms with E-state index >= 15 is 0 Å². The maximum absolute atomic E-state index is 14.0. The number of para-hydroxylation sites is 1. The van der Waals surface area contributed by atoms with Gasteiger partial charge in [0.2, 0.25) is 0 Å². The molecule has 0 fully saturated rings. The van der Waals surface area contributed by atoms with Gasteiger partial charge in [-0.3, -0.25) is 0 Å². The SMILES string of the molecule is Oc1cccc(Nc2ncnc3c2cnn3-c2ccccc2F)c1. The van der Waals surface area contributed by atoms with E-state index in [1.807, 2.05) is 0 Å². The van der Waals surface area contributed by atoms with E-state index in [9.17, 15) is 9.50 Å². The number of phenols is 1.